The number of oxime groups is 1. The number of ether oxygens (including phenoxy) is 1. The molecule has 24 heavy (non-hydrogen) atoms. The van der Waals surface area contributed by atoms with Crippen LogP contribution in [0.4, 0.5) is 0 Å². The summed E-state index contributed by atoms with van der Waals surface area (Å²) in [5.41, 5.74) is 2.60. The Labute approximate surface area is 144 Å². The Hall–Kier alpha value is -1.71. The first-order valence-electron chi connectivity index (χ1n) is 9.21. The van der Waals surface area contributed by atoms with Gasteiger partial charge in [0, 0.05) is 17.4 Å². The van der Waals surface area contributed by atoms with Crippen LogP contribution in [0.1, 0.15) is 76.3 Å². The van der Waals surface area contributed by atoms with Crippen LogP contribution in [0.25, 0.3) is 0 Å². The van der Waals surface area contributed by atoms with Gasteiger partial charge in [0.2, 0.25) is 0 Å². The maximum atomic E-state index is 10.7. The molecule has 0 aromatic heterocycles. The first-order chi connectivity index (χ1) is 11.5. The maximum absolute atomic E-state index is 10.7. The molecule has 2 aliphatic rings. The SMILES string of the molecule is CCCCCc1cc(O)c2c(c1)OC(C)(C)C1CCC(=NO)CC21. The summed E-state index contributed by atoms with van der Waals surface area (Å²) in [6.45, 7) is 6.46. The van der Waals surface area contributed by atoms with Crippen molar-refractivity contribution in [3.05, 3.63) is 23.3 Å². The van der Waals surface area contributed by atoms with Gasteiger partial charge in [-0.05, 0) is 63.6 Å². The van der Waals surface area contributed by atoms with Gasteiger partial charge in [-0.25, -0.2) is 0 Å². The number of aryl methyl sites for hydroxylation is 1. The van der Waals surface area contributed by atoms with E-state index in [9.17, 15) is 10.3 Å². The minimum atomic E-state index is -0.271. The van der Waals surface area contributed by atoms with Crippen LogP contribution in [0.2, 0.25) is 0 Å². The predicted octanol–water partition coefficient (Wildman–Crippen LogP) is 5.01. The van der Waals surface area contributed by atoms with Crippen molar-refractivity contribution in [2.75, 3.05) is 0 Å². The summed E-state index contributed by atoms with van der Waals surface area (Å²) in [4.78, 5) is 0. The Morgan fingerprint density at radius 1 is 1.29 bits per heavy atom. The lowest BCUT2D eigenvalue weighted by molar-refractivity contribution is 0.00295. The fourth-order valence-corrected chi connectivity index (χ4v) is 4.45. The van der Waals surface area contributed by atoms with Crippen molar-refractivity contribution in [3.8, 4) is 11.5 Å². The molecule has 132 valence electrons. The zero-order valence-corrected chi connectivity index (χ0v) is 15.0. The lowest BCUT2D eigenvalue weighted by Gasteiger charge is -2.47. The second kappa shape index (κ2) is 6.66. The molecule has 0 radical (unpaired) electrons. The molecule has 0 saturated heterocycles. The molecule has 2 unspecified atom stereocenters. The number of phenolic OH excluding ortho intramolecular Hbond substituents is 1. The molecular formula is C20H29NO3. The minimum Gasteiger partial charge on any atom is -0.508 e. The minimum absolute atomic E-state index is 0.160. The van der Waals surface area contributed by atoms with Crippen LogP contribution >= 0.6 is 0 Å². The normalized spacial score (nSPS) is 26.5. The van der Waals surface area contributed by atoms with Gasteiger partial charge < -0.3 is 15.1 Å². The summed E-state index contributed by atoms with van der Waals surface area (Å²) >= 11 is 0. The zero-order valence-electron chi connectivity index (χ0n) is 15.0. The molecule has 4 nitrogen and oxygen atoms in total. The van der Waals surface area contributed by atoms with Gasteiger partial charge in [0.15, 0.2) is 0 Å². The highest BCUT2D eigenvalue weighted by molar-refractivity contribution is 5.86. The molecule has 1 fully saturated rings. The molecule has 1 saturated carbocycles. The quantitative estimate of drug-likeness (QED) is 0.463. The third-order valence-electron chi connectivity index (χ3n) is 5.71. The average molecular weight is 331 g/mol. The Kier molecular flexibility index (Phi) is 4.75. The first kappa shape index (κ1) is 17.1. The lowest BCUT2D eigenvalue weighted by atomic mass is 9.66. The van der Waals surface area contributed by atoms with Crippen LogP contribution in [0.5, 0.6) is 11.5 Å². The topological polar surface area (TPSA) is 62.0 Å². The van der Waals surface area contributed by atoms with Crippen LogP contribution in [-0.2, 0) is 6.42 Å². The van der Waals surface area contributed by atoms with Gasteiger partial charge in [-0.2, -0.15) is 0 Å². The number of phenols is 1. The number of rotatable bonds is 4. The Bertz CT molecular complexity index is 636. The summed E-state index contributed by atoms with van der Waals surface area (Å²) in [5, 5.41) is 23.3. The molecule has 3 rings (SSSR count). The number of benzene rings is 1. The van der Waals surface area contributed by atoms with Crippen molar-refractivity contribution < 1.29 is 15.1 Å². The fourth-order valence-electron chi connectivity index (χ4n) is 4.45. The van der Waals surface area contributed by atoms with E-state index in [2.05, 4.69) is 32.0 Å². The smallest absolute Gasteiger partial charge is 0.127 e. The van der Waals surface area contributed by atoms with Crippen LogP contribution in [-0.4, -0.2) is 21.6 Å². The van der Waals surface area contributed by atoms with Gasteiger partial charge in [0.05, 0.1) is 5.71 Å². The summed E-state index contributed by atoms with van der Waals surface area (Å²) in [5.74, 6) is 1.64. The molecule has 1 heterocycles. The van der Waals surface area contributed by atoms with E-state index in [1.54, 1.807) is 0 Å². The van der Waals surface area contributed by atoms with E-state index in [-0.39, 0.29) is 11.5 Å². The average Bonchev–Trinajstić information content (AvgIpc) is 2.53. The van der Waals surface area contributed by atoms with Crippen LogP contribution in [0, 0.1) is 5.92 Å². The van der Waals surface area contributed by atoms with Crippen molar-refractivity contribution in [3.63, 3.8) is 0 Å². The third kappa shape index (κ3) is 3.11. The second-order valence-electron chi connectivity index (χ2n) is 7.81. The summed E-state index contributed by atoms with van der Waals surface area (Å²) in [6, 6.07) is 4.00. The largest absolute Gasteiger partial charge is 0.508 e. The lowest BCUT2D eigenvalue weighted by Crippen LogP contribution is -2.47. The zero-order chi connectivity index (χ0) is 17.3. The molecule has 0 amide bonds. The third-order valence-corrected chi connectivity index (χ3v) is 5.71. The highest BCUT2D eigenvalue weighted by atomic mass is 16.5. The van der Waals surface area contributed by atoms with Gasteiger partial charge in [-0.1, -0.05) is 24.9 Å². The molecule has 1 aromatic rings. The number of unbranched alkanes of at least 4 members (excludes halogenated alkanes) is 2. The Balaban J connectivity index is 1.96. The Morgan fingerprint density at radius 3 is 2.79 bits per heavy atom. The molecular weight excluding hydrogens is 302 g/mol. The maximum Gasteiger partial charge on any atom is 0.127 e. The van der Waals surface area contributed by atoms with E-state index in [1.165, 1.54) is 12.8 Å². The monoisotopic (exact) mass is 331 g/mol. The van der Waals surface area contributed by atoms with Crippen LogP contribution in [0.15, 0.2) is 17.3 Å². The van der Waals surface area contributed by atoms with Gasteiger partial charge in [-0.3, -0.25) is 0 Å². The van der Waals surface area contributed by atoms with E-state index in [0.29, 0.717) is 18.1 Å². The summed E-state index contributed by atoms with van der Waals surface area (Å²) in [6.07, 6.45) is 6.91. The molecule has 1 aliphatic carbocycles. The van der Waals surface area contributed by atoms with Crippen molar-refractivity contribution in [1.29, 1.82) is 0 Å². The van der Waals surface area contributed by atoms with E-state index in [1.807, 2.05) is 6.07 Å². The van der Waals surface area contributed by atoms with E-state index in [0.717, 1.165) is 48.3 Å². The number of nitrogens with zero attached hydrogens (tertiary/aromatic N) is 1. The summed E-state index contributed by atoms with van der Waals surface area (Å²) in [7, 11) is 0. The molecule has 0 spiro atoms. The van der Waals surface area contributed by atoms with E-state index in [4.69, 9.17) is 4.74 Å². The summed E-state index contributed by atoms with van der Waals surface area (Å²) < 4.78 is 6.32. The van der Waals surface area contributed by atoms with Gasteiger partial charge in [0.25, 0.3) is 0 Å². The standard InChI is InChI=1S/C20H29NO3/c1-4-5-6-7-13-10-17(22)19-15-12-14(21-23)8-9-16(15)20(2,3)24-18(19)11-13/h10-11,15-16,22-23H,4-9,12H2,1-3H3. The second-order valence-corrected chi connectivity index (χ2v) is 7.81. The van der Waals surface area contributed by atoms with Gasteiger partial charge >= 0.3 is 0 Å². The van der Waals surface area contributed by atoms with E-state index >= 15 is 0 Å². The number of fused-ring (bicyclic) bond motifs is 3. The van der Waals surface area contributed by atoms with Crippen molar-refractivity contribution in [2.45, 2.75) is 77.2 Å². The van der Waals surface area contributed by atoms with Crippen LogP contribution < -0.4 is 4.74 Å². The highest BCUT2D eigenvalue weighted by Crippen LogP contribution is 2.53. The predicted molar refractivity (Wildman–Crippen MR) is 95.3 cm³/mol. The molecule has 1 aliphatic heterocycles. The molecule has 1 aromatic carbocycles. The van der Waals surface area contributed by atoms with Crippen molar-refractivity contribution in [2.24, 2.45) is 11.1 Å². The van der Waals surface area contributed by atoms with Gasteiger partial charge in [-0.15, -0.1) is 0 Å². The molecule has 0 bridgehead atoms. The molecule has 2 atom stereocenters. The number of aromatic hydroxyl groups is 1. The van der Waals surface area contributed by atoms with Crippen molar-refractivity contribution >= 4 is 5.71 Å². The number of hydrogen-bond acceptors (Lipinski definition) is 4. The molecule has 4 heteroatoms. The van der Waals surface area contributed by atoms with Gasteiger partial charge in [0.1, 0.15) is 17.1 Å². The highest BCUT2D eigenvalue weighted by Gasteiger charge is 2.47. The molecule has 2 N–H and O–H groups in total. The first-order valence-corrected chi connectivity index (χ1v) is 9.21. The fraction of sp³-hybridized carbons (Fsp3) is 0.650. The van der Waals surface area contributed by atoms with Crippen LogP contribution in [0.3, 0.4) is 0 Å². The van der Waals surface area contributed by atoms with E-state index < -0.39 is 0 Å². The van der Waals surface area contributed by atoms with Crippen molar-refractivity contribution in [1.82, 2.24) is 0 Å². The Morgan fingerprint density at radius 2 is 2.08 bits per heavy atom. The number of hydrogen-bond donors (Lipinski definition) is 2.